The van der Waals surface area contributed by atoms with E-state index in [2.05, 4.69) is 156 Å². The van der Waals surface area contributed by atoms with E-state index >= 15 is 0 Å². The van der Waals surface area contributed by atoms with Crippen LogP contribution in [0.5, 0.6) is 0 Å². The molecule has 0 atom stereocenters. The van der Waals surface area contributed by atoms with E-state index in [9.17, 15) is 0 Å². The zero-order valence-corrected chi connectivity index (χ0v) is 27.8. The highest BCUT2D eigenvalue weighted by atomic mass is 32.1. The molecule has 0 amide bonds. The minimum absolute atomic E-state index is 0.717. The molecule has 0 radical (unpaired) electrons. The lowest BCUT2D eigenvalue weighted by atomic mass is 10.0. The van der Waals surface area contributed by atoms with Gasteiger partial charge in [0, 0.05) is 53.3 Å². The maximum absolute atomic E-state index is 5.08. The molecule has 0 bridgehead atoms. The van der Waals surface area contributed by atoms with Gasteiger partial charge >= 0.3 is 0 Å². The van der Waals surface area contributed by atoms with Gasteiger partial charge in [-0.15, -0.1) is 11.3 Å². The molecule has 10 aromatic rings. The number of nitrogens with zero attached hydrogens (tertiary/aromatic N) is 3. The van der Waals surface area contributed by atoms with Crippen molar-refractivity contribution in [2.75, 3.05) is 0 Å². The third kappa shape index (κ3) is 4.73. The summed E-state index contributed by atoms with van der Waals surface area (Å²) >= 11 is 1.86. The highest BCUT2D eigenvalue weighted by Gasteiger charge is 2.19. The Labute approximate surface area is 293 Å². The Kier molecular flexibility index (Phi) is 6.68. The summed E-state index contributed by atoms with van der Waals surface area (Å²) in [6.07, 6.45) is 0. The maximum atomic E-state index is 5.08. The molecule has 0 aliphatic rings. The molecule has 0 aliphatic heterocycles. The molecule has 0 N–H and O–H groups in total. The van der Waals surface area contributed by atoms with Gasteiger partial charge in [0.1, 0.15) is 0 Å². The zero-order valence-electron chi connectivity index (χ0n) is 27.0. The largest absolute Gasteiger partial charge is 0.309 e. The van der Waals surface area contributed by atoms with Crippen LogP contribution in [0.15, 0.2) is 176 Å². The monoisotopic (exact) mass is 655 g/mol. The van der Waals surface area contributed by atoms with Gasteiger partial charge in [-0.3, -0.25) is 0 Å². The molecule has 3 aromatic heterocycles. The van der Waals surface area contributed by atoms with E-state index in [0.29, 0.717) is 0 Å². The average Bonchev–Trinajstić information content (AvgIpc) is 3.74. The SMILES string of the molecule is c1ccc(-c2ccc3c(c2)c2ccc4sc5ccccc5c4c2n3-c2ccc(-c3cc(-c4ccccc4)nc(-c4ccccc4)n3)cc2)cc1. The van der Waals surface area contributed by atoms with Crippen molar-refractivity contribution in [2.24, 2.45) is 0 Å². The summed E-state index contributed by atoms with van der Waals surface area (Å²) in [4.78, 5) is 10.1. The van der Waals surface area contributed by atoms with Crippen LogP contribution < -0.4 is 0 Å². The highest BCUT2D eigenvalue weighted by molar-refractivity contribution is 7.26. The Morgan fingerprint density at radius 2 is 1.00 bits per heavy atom. The lowest BCUT2D eigenvalue weighted by molar-refractivity contribution is 1.17. The standard InChI is InChI=1S/C46H29N3S/c1-4-12-30(13-5-1)34-22-26-41-38(28-34)36-25-27-43-44(37-18-10-11-19-42(37)50-43)45(36)49(41)35-23-20-32(21-24-35)40-29-39(31-14-6-2-7-15-31)47-46(48-40)33-16-8-3-9-17-33/h1-29H. The van der Waals surface area contributed by atoms with E-state index in [-0.39, 0.29) is 0 Å². The molecule has 50 heavy (non-hydrogen) atoms. The van der Waals surface area contributed by atoms with Crippen molar-refractivity contribution in [1.29, 1.82) is 0 Å². The zero-order chi connectivity index (χ0) is 33.0. The molecule has 3 nitrogen and oxygen atoms in total. The number of benzene rings is 7. The van der Waals surface area contributed by atoms with E-state index < -0.39 is 0 Å². The van der Waals surface area contributed by atoms with Crippen LogP contribution in [0.1, 0.15) is 0 Å². The molecule has 10 rings (SSSR count). The molecule has 0 saturated heterocycles. The van der Waals surface area contributed by atoms with Crippen molar-refractivity contribution in [2.45, 2.75) is 0 Å². The molecule has 0 saturated carbocycles. The summed E-state index contributed by atoms with van der Waals surface area (Å²) in [6.45, 7) is 0. The first-order valence-corrected chi connectivity index (χ1v) is 17.6. The Morgan fingerprint density at radius 3 is 1.72 bits per heavy atom. The van der Waals surface area contributed by atoms with Crippen molar-refractivity contribution in [3.8, 4) is 50.7 Å². The fraction of sp³-hybridized carbons (Fsp3) is 0. The Bertz CT molecular complexity index is 2780. The minimum Gasteiger partial charge on any atom is -0.309 e. The third-order valence-electron chi connectivity index (χ3n) is 9.62. The second-order valence-electron chi connectivity index (χ2n) is 12.6. The summed E-state index contributed by atoms with van der Waals surface area (Å²) in [5.74, 6) is 0.717. The van der Waals surface area contributed by atoms with Gasteiger partial charge in [-0.05, 0) is 53.6 Å². The summed E-state index contributed by atoms with van der Waals surface area (Å²) in [7, 11) is 0. The van der Waals surface area contributed by atoms with E-state index in [1.54, 1.807) is 0 Å². The maximum Gasteiger partial charge on any atom is 0.160 e. The fourth-order valence-corrected chi connectivity index (χ4v) is 8.35. The predicted octanol–water partition coefficient (Wildman–Crippen LogP) is 12.6. The van der Waals surface area contributed by atoms with Gasteiger partial charge in [-0.25, -0.2) is 9.97 Å². The highest BCUT2D eigenvalue weighted by Crippen LogP contribution is 2.44. The lowest BCUT2D eigenvalue weighted by Gasteiger charge is -2.12. The second kappa shape index (κ2) is 11.7. The van der Waals surface area contributed by atoms with Gasteiger partial charge in [-0.2, -0.15) is 0 Å². The first-order valence-electron chi connectivity index (χ1n) is 16.8. The lowest BCUT2D eigenvalue weighted by Crippen LogP contribution is -1.97. The average molecular weight is 656 g/mol. The molecule has 0 unspecified atom stereocenters. The molecule has 0 fully saturated rings. The topological polar surface area (TPSA) is 30.7 Å². The van der Waals surface area contributed by atoms with E-state index in [1.165, 1.54) is 53.1 Å². The van der Waals surface area contributed by atoms with E-state index in [1.807, 2.05) is 35.6 Å². The summed E-state index contributed by atoms with van der Waals surface area (Å²) < 4.78 is 5.06. The summed E-state index contributed by atoms with van der Waals surface area (Å²) in [6, 6.07) is 62.5. The van der Waals surface area contributed by atoms with Crippen molar-refractivity contribution < 1.29 is 0 Å². The van der Waals surface area contributed by atoms with Crippen molar-refractivity contribution >= 4 is 53.3 Å². The molecular formula is C46H29N3S. The first-order chi connectivity index (χ1) is 24.8. The second-order valence-corrected chi connectivity index (χ2v) is 13.7. The van der Waals surface area contributed by atoms with Crippen LogP contribution in [0.2, 0.25) is 0 Å². The van der Waals surface area contributed by atoms with Crippen LogP contribution in [0.3, 0.4) is 0 Å². The Balaban J connectivity index is 1.18. The molecule has 0 spiro atoms. The van der Waals surface area contributed by atoms with Crippen LogP contribution in [-0.2, 0) is 0 Å². The number of aromatic nitrogens is 3. The van der Waals surface area contributed by atoms with Crippen LogP contribution in [0.25, 0.3) is 92.7 Å². The predicted molar refractivity (Wildman–Crippen MR) is 211 cm³/mol. The number of rotatable bonds is 5. The molecule has 0 aliphatic carbocycles. The van der Waals surface area contributed by atoms with Gasteiger partial charge in [0.25, 0.3) is 0 Å². The Hall–Kier alpha value is -6.36. The van der Waals surface area contributed by atoms with Gasteiger partial charge in [0.2, 0.25) is 0 Å². The van der Waals surface area contributed by atoms with Crippen LogP contribution >= 0.6 is 11.3 Å². The van der Waals surface area contributed by atoms with Gasteiger partial charge in [-0.1, -0.05) is 133 Å². The molecular weight excluding hydrogens is 627 g/mol. The van der Waals surface area contributed by atoms with Crippen LogP contribution in [0, 0.1) is 0 Å². The number of thiophene rings is 1. The smallest absolute Gasteiger partial charge is 0.160 e. The van der Waals surface area contributed by atoms with Crippen LogP contribution in [0.4, 0.5) is 0 Å². The number of hydrogen-bond donors (Lipinski definition) is 0. The third-order valence-corrected chi connectivity index (χ3v) is 10.8. The van der Waals surface area contributed by atoms with Crippen molar-refractivity contribution in [3.05, 3.63) is 176 Å². The van der Waals surface area contributed by atoms with E-state index in [0.717, 1.165) is 39.6 Å². The Morgan fingerprint density at radius 1 is 0.400 bits per heavy atom. The van der Waals surface area contributed by atoms with E-state index in [4.69, 9.17) is 9.97 Å². The quantitative estimate of drug-likeness (QED) is 0.185. The summed E-state index contributed by atoms with van der Waals surface area (Å²) in [5, 5.41) is 5.11. The molecule has 234 valence electrons. The minimum atomic E-state index is 0.717. The van der Waals surface area contributed by atoms with Gasteiger partial charge < -0.3 is 4.57 Å². The number of fused-ring (bicyclic) bond motifs is 7. The number of hydrogen-bond acceptors (Lipinski definition) is 3. The van der Waals surface area contributed by atoms with Gasteiger partial charge in [0.05, 0.1) is 22.4 Å². The van der Waals surface area contributed by atoms with Crippen LogP contribution in [-0.4, -0.2) is 14.5 Å². The normalized spacial score (nSPS) is 11.6. The first kappa shape index (κ1) is 28.6. The molecule has 7 aromatic carbocycles. The fourth-order valence-electron chi connectivity index (χ4n) is 7.24. The molecule has 4 heteroatoms. The van der Waals surface area contributed by atoms with Crippen molar-refractivity contribution in [1.82, 2.24) is 14.5 Å². The molecule has 3 heterocycles. The summed E-state index contributed by atoms with van der Waals surface area (Å²) in [5.41, 5.74) is 10.9. The van der Waals surface area contributed by atoms with Gasteiger partial charge in [0.15, 0.2) is 5.82 Å². The van der Waals surface area contributed by atoms with Crippen molar-refractivity contribution in [3.63, 3.8) is 0 Å².